The zero-order chi connectivity index (χ0) is 11.0. The molecule has 0 saturated carbocycles. The van der Waals surface area contributed by atoms with E-state index in [1.165, 1.54) is 12.1 Å². The van der Waals surface area contributed by atoms with Crippen LogP contribution < -0.4 is 5.73 Å². The van der Waals surface area contributed by atoms with Crippen molar-refractivity contribution in [3.05, 3.63) is 40.8 Å². The average molecular weight is 226 g/mol. The second-order valence-electron chi connectivity index (χ2n) is 3.25. The van der Waals surface area contributed by atoms with Crippen molar-refractivity contribution in [2.45, 2.75) is 6.92 Å². The highest BCUT2D eigenvalue weighted by Gasteiger charge is 2.06. The molecule has 0 saturated heterocycles. The lowest BCUT2D eigenvalue weighted by Gasteiger charge is -2.04. The lowest BCUT2D eigenvalue weighted by atomic mass is 10.3. The molecule has 0 fully saturated rings. The lowest BCUT2D eigenvalue weighted by Crippen LogP contribution is -2.00. The van der Waals surface area contributed by atoms with Crippen LogP contribution in [0.25, 0.3) is 5.69 Å². The van der Waals surface area contributed by atoms with Crippen molar-refractivity contribution in [1.82, 2.24) is 9.78 Å². The summed E-state index contributed by atoms with van der Waals surface area (Å²) in [7, 11) is 0. The molecular weight excluding hydrogens is 217 g/mol. The fourth-order valence-electron chi connectivity index (χ4n) is 1.42. The molecule has 1 aromatic carbocycles. The van der Waals surface area contributed by atoms with E-state index in [2.05, 4.69) is 5.10 Å². The quantitative estimate of drug-likeness (QED) is 0.811. The first-order chi connectivity index (χ1) is 7.06. The fourth-order valence-corrected chi connectivity index (χ4v) is 1.64. The maximum absolute atomic E-state index is 13.1. The van der Waals surface area contributed by atoms with Crippen molar-refractivity contribution < 1.29 is 4.39 Å². The number of aryl methyl sites for hydroxylation is 1. The number of nitrogens with zero attached hydrogens (tertiary/aromatic N) is 2. The minimum Gasteiger partial charge on any atom is -0.382 e. The minimum absolute atomic E-state index is 0.332. The summed E-state index contributed by atoms with van der Waals surface area (Å²) in [6.45, 7) is 1.84. The predicted molar refractivity (Wildman–Crippen MR) is 57.7 cm³/mol. The summed E-state index contributed by atoms with van der Waals surface area (Å²) in [6, 6.07) is 5.93. The van der Waals surface area contributed by atoms with Gasteiger partial charge >= 0.3 is 0 Å². The van der Waals surface area contributed by atoms with Crippen molar-refractivity contribution >= 4 is 17.4 Å². The molecule has 0 bridgehead atoms. The molecule has 3 nitrogen and oxygen atoms in total. The van der Waals surface area contributed by atoms with Gasteiger partial charge in [-0.25, -0.2) is 9.07 Å². The standard InChI is InChI=1S/C10H9ClFN3/c1-6-2-10(13)14-15(6)9-4-7(11)3-8(12)5-9/h2-5H,1H3,(H2,13,14). The molecule has 2 aromatic rings. The number of rotatable bonds is 1. The zero-order valence-corrected chi connectivity index (χ0v) is 8.79. The molecule has 15 heavy (non-hydrogen) atoms. The van der Waals surface area contributed by atoms with Gasteiger partial charge in [-0.2, -0.15) is 5.10 Å². The van der Waals surface area contributed by atoms with E-state index in [4.69, 9.17) is 17.3 Å². The molecule has 78 valence electrons. The summed E-state index contributed by atoms with van der Waals surface area (Å²) in [4.78, 5) is 0. The Morgan fingerprint density at radius 1 is 1.33 bits per heavy atom. The van der Waals surface area contributed by atoms with Gasteiger partial charge in [0.2, 0.25) is 0 Å². The van der Waals surface area contributed by atoms with Crippen LogP contribution in [0.3, 0.4) is 0 Å². The number of halogens is 2. The highest BCUT2D eigenvalue weighted by molar-refractivity contribution is 6.30. The van der Waals surface area contributed by atoms with Crippen LogP contribution in [0.4, 0.5) is 10.2 Å². The van der Waals surface area contributed by atoms with Gasteiger partial charge in [0.15, 0.2) is 0 Å². The van der Waals surface area contributed by atoms with Crippen molar-refractivity contribution in [2.75, 3.05) is 5.73 Å². The first-order valence-electron chi connectivity index (χ1n) is 4.35. The number of anilines is 1. The van der Waals surface area contributed by atoms with Crippen LogP contribution in [0.1, 0.15) is 5.69 Å². The Morgan fingerprint density at radius 2 is 2.07 bits per heavy atom. The van der Waals surface area contributed by atoms with Gasteiger partial charge in [0, 0.05) is 16.8 Å². The van der Waals surface area contributed by atoms with Gasteiger partial charge in [0.05, 0.1) is 5.69 Å². The number of hydrogen-bond acceptors (Lipinski definition) is 2. The highest BCUT2D eigenvalue weighted by Crippen LogP contribution is 2.19. The Bertz CT molecular complexity index is 487. The Labute approximate surface area is 91.3 Å². The molecule has 5 heteroatoms. The third kappa shape index (κ3) is 1.94. The van der Waals surface area contributed by atoms with Crippen LogP contribution >= 0.6 is 11.6 Å². The molecule has 0 spiro atoms. The molecule has 1 heterocycles. The molecule has 1 aromatic heterocycles. The van der Waals surface area contributed by atoms with E-state index in [0.717, 1.165) is 5.69 Å². The molecule has 0 amide bonds. The molecule has 2 N–H and O–H groups in total. The second kappa shape index (κ2) is 3.55. The first-order valence-corrected chi connectivity index (χ1v) is 4.72. The smallest absolute Gasteiger partial charge is 0.146 e. The lowest BCUT2D eigenvalue weighted by molar-refractivity contribution is 0.625. The van der Waals surface area contributed by atoms with Gasteiger partial charge in [-0.05, 0) is 25.1 Å². The number of nitrogen functional groups attached to an aromatic ring is 1. The van der Waals surface area contributed by atoms with E-state index in [0.29, 0.717) is 16.5 Å². The van der Waals surface area contributed by atoms with Gasteiger partial charge in [0.1, 0.15) is 11.6 Å². The first kappa shape index (κ1) is 9.98. The number of hydrogen-bond donors (Lipinski definition) is 1. The van der Waals surface area contributed by atoms with Gasteiger partial charge in [-0.15, -0.1) is 0 Å². The molecule has 0 aliphatic rings. The van der Waals surface area contributed by atoms with Gasteiger partial charge < -0.3 is 5.73 Å². The van der Waals surface area contributed by atoms with Crippen LogP contribution in [0.2, 0.25) is 5.02 Å². The van der Waals surface area contributed by atoms with Crippen molar-refractivity contribution in [3.63, 3.8) is 0 Å². The van der Waals surface area contributed by atoms with E-state index in [1.54, 1.807) is 16.8 Å². The highest BCUT2D eigenvalue weighted by atomic mass is 35.5. The Hall–Kier alpha value is -1.55. The number of nitrogens with two attached hydrogens (primary N) is 1. The van der Waals surface area contributed by atoms with Crippen LogP contribution in [0.15, 0.2) is 24.3 Å². The summed E-state index contributed by atoms with van der Waals surface area (Å²) < 4.78 is 14.6. The van der Waals surface area contributed by atoms with E-state index in [-0.39, 0.29) is 0 Å². The van der Waals surface area contributed by atoms with Gasteiger partial charge in [0.25, 0.3) is 0 Å². The molecule has 0 aliphatic carbocycles. The Morgan fingerprint density at radius 3 is 2.60 bits per heavy atom. The van der Waals surface area contributed by atoms with Crippen LogP contribution in [-0.2, 0) is 0 Å². The third-order valence-electron chi connectivity index (χ3n) is 2.00. The van der Waals surface area contributed by atoms with Crippen LogP contribution in [0, 0.1) is 12.7 Å². The van der Waals surface area contributed by atoms with E-state index >= 15 is 0 Å². The summed E-state index contributed by atoms with van der Waals surface area (Å²) in [5.74, 6) is -0.00106. The topological polar surface area (TPSA) is 43.8 Å². The summed E-state index contributed by atoms with van der Waals surface area (Å²) in [5.41, 5.74) is 6.93. The summed E-state index contributed by atoms with van der Waals surface area (Å²) in [6.07, 6.45) is 0. The molecule has 0 atom stereocenters. The monoisotopic (exact) mass is 225 g/mol. The van der Waals surface area contributed by atoms with Gasteiger partial charge in [-0.3, -0.25) is 0 Å². The summed E-state index contributed by atoms with van der Waals surface area (Å²) >= 11 is 5.75. The maximum Gasteiger partial charge on any atom is 0.146 e. The second-order valence-corrected chi connectivity index (χ2v) is 3.69. The Kier molecular flexibility index (Phi) is 2.36. The molecule has 0 aliphatic heterocycles. The van der Waals surface area contributed by atoms with Crippen LogP contribution in [0.5, 0.6) is 0 Å². The van der Waals surface area contributed by atoms with E-state index in [1.807, 2.05) is 6.92 Å². The predicted octanol–water partition coefficient (Wildman–Crippen LogP) is 2.56. The normalized spacial score (nSPS) is 10.6. The van der Waals surface area contributed by atoms with Crippen molar-refractivity contribution in [2.24, 2.45) is 0 Å². The third-order valence-corrected chi connectivity index (χ3v) is 2.22. The summed E-state index contributed by atoms with van der Waals surface area (Å²) in [5, 5.41) is 4.36. The average Bonchev–Trinajstić information content (AvgIpc) is 2.43. The maximum atomic E-state index is 13.1. The largest absolute Gasteiger partial charge is 0.382 e. The number of aromatic nitrogens is 2. The number of benzene rings is 1. The van der Waals surface area contributed by atoms with Gasteiger partial charge in [-0.1, -0.05) is 11.6 Å². The molecule has 0 unspecified atom stereocenters. The van der Waals surface area contributed by atoms with Crippen molar-refractivity contribution in [1.29, 1.82) is 0 Å². The molecule has 2 rings (SSSR count). The van der Waals surface area contributed by atoms with Crippen LogP contribution in [-0.4, -0.2) is 9.78 Å². The fraction of sp³-hybridized carbons (Fsp3) is 0.100. The van der Waals surface area contributed by atoms with E-state index in [9.17, 15) is 4.39 Å². The zero-order valence-electron chi connectivity index (χ0n) is 8.04. The Balaban J connectivity index is 2.58. The minimum atomic E-state index is -0.397. The van der Waals surface area contributed by atoms with E-state index < -0.39 is 5.82 Å². The molecule has 0 radical (unpaired) electrons. The SMILES string of the molecule is Cc1cc(N)nn1-c1cc(F)cc(Cl)c1. The molecular formula is C10H9ClFN3. The van der Waals surface area contributed by atoms with Crippen molar-refractivity contribution in [3.8, 4) is 5.69 Å².